The summed E-state index contributed by atoms with van der Waals surface area (Å²) in [5.74, 6) is -8.69. The van der Waals surface area contributed by atoms with Gasteiger partial charge in [0.25, 0.3) is 17.9 Å². The fourth-order valence-electron chi connectivity index (χ4n) is 8.12. The van der Waals surface area contributed by atoms with Crippen LogP contribution in [0.25, 0.3) is 27.8 Å². The molecule has 1 saturated heterocycles. The fourth-order valence-corrected chi connectivity index (χ4v) is 9.53. The number of ether oxygens (including phenoxy) is 1. The van der Waals surface area contributed by atoms with Gasteiger partial charge in [-0.1, -0.05) is 6.07 Å². The molecule has 310 valence electrons. The van der Waals surface area contributed by atoms with Crippen LogP contribution in [0.3, 0.4) is 0 Å². The molecular weight excluding hydrogens is 819 g/mol. The summed E-state index contributed by atoms with van der Waals surface area (Å²) in [6.45, 7) is -0.283. The van der Waals surface area contributed by atoms with Gasteiger partial charge in [-0.05, 0) is 66.4 Å². The standard InChI is InChI=1S/C40H32F6N8O5S/c41-23-13-21(14-24(42)17-23)15-31(49-33(55)20-53-36-34(35(51-53)37(43)44)28-18-29(28)40(36,45)46)38-50-30-16-22(32-19-47-7-8-48-32)1-6-27(30)39(56)54(38)25-2-4-26(5-3-25)60(57,58)52-9-11-59-12-10-52/h1-8,13-14,16-17,19,28-29,31,37H,9-12,15,18,20H2,(H,49,55)/t28-,29+,31+/m1/s1. The molecule has 20 heteroatoms. The van der Waals surface area contributed by atoms with Crippen molar-refractivity contribution in [1.82, 2.24) is 38.9 Å². The van der Waals surface area contributed by atoms with Crippen LogP contribution in [0, 0.1) is 17.6 Å². The monoisotopic (exact) mass is 850 g/mol. The zero-order chi connectivity index (χ0) is 42.1. The van der Waals surface area contributed by atoms with E-state index in [1.807, 2.05) is 0 Å². The average Bonchev–Trinajstić information content (AvgIpc) is 3.89. The normalized spacial score (nSPS) is 19.0. The van der Waals surface area contributed by atoms with E-state index in [9.17, 15) is 35.6 Å². The summed E-state index contributed by atoms with van der Waals surface area (Å²) >= 11 is 0. The summed E-state index contributed by atoms with van der Waals surface area (Å²) < 4.78 is 123. The van der Waals surface area contributed by atoms with Gasteiger partial charge in [0.15, 0.2) is 0 Å². The zero-order valence-electron chi connectivity index (χ0n) is 31.1. The number of alkyl halides is 4. The van der Waals surface area contributed by atoms with Gasteiger partial charge in [-0.15, -0.1) is 0 Å². The van der Waals surface area contributed by atoms with Gasteiger partial charge in [0.1, 0.15) is 35.4 Å². The molecule has 1 aliphatic heterocycles. The molecule has 1 saturated carbocycles. The summed E-state index contributed by atoms with van der Waals surface area (Å²) in [4.78, 5) is 41.7. The number of carbonyl (C=O) groups excluding carboxylic acids is 1. The minimum absolute atomic E-state index is 0.00767. The molecule has 0 bridgehead atoms. The van der Waals surface area contributed by atoms with Crippen LogP contribution < -0.4 is 10.9 Å². The topological polar surface area (TPSA) is 154 Å². The molecular formula is C40H32F6N8O5S. The lowest BCUT2D eigenvalue weighted by Crippen LogP contribution is -2.40. The number of nitrogens with one attached hydrogen (secondary N) is 1. The summed E-state index contributed by atoms with van der Waals surface area (Å²) in [5, 5.41) is 6.45. The van der Waals surface area contributed by atoms with Gasteiger partial charge in [0.2, 0.25) is 15.9 Å². The summed E-state index contributed by atoms with van der Waals surface area (Å²) in [7, 11) is -3.97. The largest absolute Gasteiger partial charge is 0.379 e. The predicted molar refractivity (Wildman–Crippen MR) is 201 cm³/mol. The number of aromatic nitrogens is 6. The highest BCUT2D eigenvalue weighted by Crippen LogP contribution is 2.68. The molecule has 4 heterocycles. The van der Waals surface area contributed by atoms with E-state index in [4.69, 9.17) is 9.72 Å². The Hall–Kier alpha value is -5.99. The summed E-state index contributed by atoms with van der Waals surface area (Å²) in [6, 6.07) is 11.1. The van der Waals surface area contributed by atoms with Gasteiger partial charge >= 0.3 is 0 Å². The first-order valence-electron chi connectivity index (χ1n) is 18.7. The van der Waals surface area contributed by atoms with Crippen molar-refractivity contribution >= 4 is 26.8 Å². The van der Waals surface area contributed by atoms with Crippen molar-refractivity contribution in [2.45, 2.75) is 48.6 Å². The van der Waals surface area contributed by atoms with Gasteiger partial charge in [-0.2, -0.15) is 18.2 Å². The molecule has 0 unspecified atom stereocenters. The first kappa shape index (κ1) is 39.5. The number of amides is 1. The third kappa shape index (κ3) is 7.00. The molecule has 1 amide bonds. The van der Waals surface area contributed by atoms with Gasteiger partial charge in [-0.25, -0.2) is 31.0 Å². The number of morpholine rings is 1. The van der Waals surface area contributed by atoms with Crippen molar-refractivity contribution in [1.29, 1.82) is 0 Å². The molecule has 0 radical (unpaired) electrons. The van der Waals surface area contributed by atoms with Crippen molar-refractivity contribution in [3.63, 3.8) is 0 Å². The van der Waals surface area contributed by atoms with E-state index in [0.717, 1.165) is 16.7 Å². The maximum absolute atomic E-state index is 15.4. The second kappa shape index (κ2) is 14.9. The van der Waals surface area contributed by atoms with Gasteiger partial charge < -0.3 is 10.1 Å². The number of benzene rings is 3. The third-order valence-corrected chi connectivity index (χ3v) is 12.8. The number of hydrogen-bond acceptors (Lipinski definition) is 9. The number of nitrogens with zero attached hydrogens (tertiary/aromatic N) is 7. The molecule has 2 aliphatic carbocycles. The number of rotatable bonds is 11. The summed E-state index contributed by atoms with van der Waals surface area (Å²) in [5.41, 5.74) is -1.49. The lowest BCUT2D eigenvalue weighted by Gasteiger charge is -2.26. The second-order valence-corrected chi connectivity index (χ2v) is 16.7. The highest BCUT2D eigenvalue weighted by molar-refractivity contribution is 7.89. The van der Waals surface area contributed by atoms with Crippen LogP contribution in [0.15, 0.2) is 88.9 Å². The van der Waals surface area contributed by atoms with Crippen LogP contribution in [-0.2, 0) is 38.4 Å². The SMILES string of the molecule is O=C(Cn1nc(C(F)F)c2c1C(F)(F)[C@H]1C[C@@H]21)N[C@@H](Cc1cc(F)cc(F)c1)c1nc2cc(-c3cnccn3)ccc2c(=O)n1-c1ccc(S(=O)(=O)N2CCOCC2)cc1. The molecule has 60 heavy (non-hydrogen) atoms. The maximum atomic E-state index is 15.4. The quantitative estimate of drug-likeness (QED) is 0.165. The molecule has 3 atom stereocenters. The van der Waals surface area contributed by atoms with Crippen molar-refractivity contribution in [3.05, 3.63) is 130 Å². The number of sulfonamides is 1. The number of halogens is 6. The van der Waals surface area contributed by atoms with Gasteiger partial charge in [-0.3, -0.25) is 28.8 Å². The number of carbonyl (C=O) groups is 1. The molecule has 3 aromatic carbocycles. The Balaban J connectivity index is 1.17. The van der Waals surface area contributed by atoms with Crippen LogP contribution in [0.5, 0.6) is 0 Å². The van der Waals surface area contributed by atoms with Crippen molar-refractivity contribution in [3.8, 4) is 16.9 Å². The molecule has 6 aromatic rings. The Morgan fingerprint density at radius 3 is 2.40 bits per heavy atom. The minimum Gasteiger partial charge on any atom is -0.379 e. The highest BCUT2D eigenvalue weighted by Gasteiger charge is 2.67. The van der Waals surface area contributed by atoms with Crippen molar-refractivity contribution in [2.75, 3.05) is 26.3 Å². The lowest BCUT2D eigenvalue weighted by atomic mass is 10.0. The van der Waals surface area contributed by atoms with E-state index < -0.39 is 87.7 Å². The first-order valence-corrected chi connectivity index (χ1v) is 20.2. The maximum Gasteiger partial charge on any atom is 0.293 e. The Morgan fingerprint density at radius 1 is 0.983 bits per heavy atom. The third-order valence-electron chi connectivity index (χ3n) is 10.9. The molecule has 0 spiro atoms. The van der Waals surface area contributed by atoms with Gasteiger partial charge in [0.05, 0.1) is 52.6 Å². The van der Waals surface area contributed by atoms with Crippen LogP contribution in [-0.4, -0.2) is 74.2 Å². The lowest BCUT2D eigenvalue weighted by molar-refractivity contribution is -0.123. The highest BCUT2D eigenvalue weighted by atomic mass is 32.2. The Morgan fingerprint density at radius 2 is 1.72 bits per heavy atom. The summed E-state index contributed by atoms with van der Waals surface area (Å²) in [6.07, 6.45) is 0.804. The molecule has 9 rings (SSSR count). The Kier molecular flexibility index (Phi) is 9.82. The smallest absolute Gasteiger partial charge is 0.293 e. The van der Waals surface area contributed by atoms with E-state index in [0.29, 0.717) is 22.0 Å². The number of hydrogen-bond donors (Lipinski definition) is 1. The molecule has 3 aliphatic rings. The predicted octanol–water partition coefficient (Wildman–Crippen LogP) is 5.59. The van der Waals surface area contributed by atoms with E-state index in [1.54, 1.807) is 12.1 Å². The van der Waals surface area contributed by atoms with E-state index in [2.05, 4.69) is 20.4 Å². The van der Waals surface area contributed by atoms with Crippen molar-refractivity contribution < 1.29 is 44.3 Å². The molecule has 13 nitrogen and oxygen atoms in total. The first-order chi connectivity index (χ1) is 28.7. The van der Waals surface area contributed by atoms with E-state index in [1.165, 1.54) is 53.2 Å². The Bertz CT molecular complexity index is 2820. The van der Waals surface area contributed by atoms with Crippen LogP contribution in [0.2, 0.25) is 0 Å². The second-order valence-electron chi connectivity index (χ2n) is 14.7. The molecule has 2 fully saturated rings. The Labute approximate surface area is 336 Å². The average molecular weight is 851 g/mol. The molecule has 1 N–H and O–H groups in total. The van der Waals surface area contributed by atoms with Crippen molar-refractivity contribution in [2.24, 2.45) is 5.92 Å². The zero-order valence-corrected chi connectivity index (χ0v) is 31.9. The fraction of sp³-hybridized carbons (Fsp3) is 0.300. The van der Waals surface area contributed by atoms with E-state index >= 15 is 8.78 Å². The van der Waals surface area contributed by atoms with E-state index in [-0.39, 0.29) is 71.2 Å². The molecule has 3 aromatic heterocycles. The minimum atomic E-state index is -3.97. The van der Waals surface area contributed by atoms with Crippen LogP contribution in [0.4, 0.5) is 26.3 Å². The van der Waals surface area contributed by atoms with Crippen LogP contribution in [0.1, 0.15) is 53.1 Å². The van der Waals surface area contributed by atoms with Gasteiger partial charge in [0, 0.05) is 55.0 Å². The van der Waals surface area contributed by atoms with Crippen LogP contribution >= 0.6 is 0 Å². The number of fused-ring (bicyclic) bond motifs is 4.